The molecule has 0 spiro atoms. The molecule has 0 atom stereocenters. The Kier molecular flexibility index (Phi) is 4.30. The minimum Gasteiger partial charge on any atom is -0.345 e. The van der Waals surface area contributed by atoms with Crippen LogP contribution in [0.15, 0.2) is 6.20 Å². The van der Waals surface area contributed by atoms with E-state index in [1.165, 1.54) is 0 Å². The molecule has 0 saturated heterocycles. The van der Waals surface area contributed by atoms with E-state index < -0.39 is 0 Å². The van der Waals surface area contributed by atoms with Gasteiger partial charge >= 0.3 is 0 Å². The molecule has 84 valence electrons. The van der Waals surface area contributed by atoms with Gasteiger partial charge in [-0.05, 0) is 13.8 Å². The zero-order chi connectivity index (χ0) is 11.3. The van der Waals surface area contributed by atoms with E-state index in [1.807, 2.05) is 13.8 Å². The van der Waals surface area contributed by atoms with Gasteiger partial charge in [-0.15, -0.1) is 0 Å². The standard InChI is InChI=1S/C10H18N4O/c1-4-14(3)10(15)7-11-5-9-6-12-8(2)13-9/h6,11H,4-5,7H2,1-3H3,(H,12,13). The number of amides is 1. The molecule has 0 radical (unpaired) electrons. The summed E-state index contributed by atoms with van der Waals surface area (Å²) in [6.07, 6.45) is 1.77. The maximum Gasteiger partial charge on any atom is 0.236 e. The Balaban J connectivity index is 2.24. The van der Waals surface area contributed by atoms with Crippen molar-refractivity contribution in [1.29, 1.82) is 0 Å². The average Bonchev–Trinajstić information content (AvgIpc) is 2.63. The highest BCUT2D eigenvalue weighted by atomic mass is 16.2. The fourth-order valence-electron chi connectivity index (χ4n) is 1.18. The summed E-state index contributed by atoms with van der Waals surface area (Å²) in [6, 6.07) is 0. The summed E-state index contributed by atoms with van der Waals surface area (Å²) in [6.45, 7) is 5.60. The number of carbonyl (C=O) groups is 1. The predicted octanol–water partition coefficient (Wildman–Crippen LogP) is 0.286. The minimum absolute atomic E-state index is 0.105. The lowest BCUT2D eigenvalue weighted by Crippen LogP contribution is -2.35. The lowest BCUT2D eigenvalue weighted by molar-refractivity contribution is -0.128. The van der Waals surface area contributed by atoms with E-state index in [0.717, 1.165) is 18.1 Å². The van der Waals surface area contributed by atoms with Crippen molar-refractivity contribution in [2.75, 3.05) is 20.1 Å². The summed E-state index contributed by atoms with van der Waals surface area (Å²) in [5, 5.41) is 3.07. The molecule has 5 nitrogen and oxygen atoms in total. The van der Waals surface area contributed by atoms with Crippen LogP contribution < -0.4 is 5.32 Å². The Morgan fingerprint density at radius 2 is 2.40 bits per heavy atom. The maximum atomic E-state index is 11.4. The van der Waals surface area contributed by atoms with Crippen LogP contribution >= 0.6 is 0 Å². The van der Waals surface area contributed by atoms with Crippen LogP contribution in [0.5, 0.6) is 0 Å². The smallest absolute Gasteiger partial charge is 0.236 e. The lowest BCUT2D eigenvalue weighted by Gasteiger charge is -2.14. The van der Waals surface area contributed by atoms with Crippen molar-refractivity contribution in [2.45, 2.75) is 20.4 Å². The molecule has 5 heteroatoms. The molecular weight excluding hydrogens is 192 g/mol. The van der Waals surface area contributed by atoms with Crippen LogP contribution in [0, 0.1) is 6.92 Å². The molecule has 0 bridgehead atoms. The number of likely N-dealkylation sites (N-methyl/N-ethyl adjacent to an activating group) is 1. The van der Waals surface area contributed by atoms with Crippen LogP contribution in [0.1, 0.15) is 18.4 Å². The number of nitrogens with one attached hydrogen (secondary N) is 2. The van der Waals surface area contributed by atoms with Gasteiger partial charge in [0.15, 0.2) is 0 Å². The topological polar surface area (TPSA) is 61.0 Å². The fourth-order valence-corrected chi connectivity index (χ4v) is 1.18. The molecule has 1 aromatic heterocycles. The minimum atomic E-state index is 0.105. The number of H-pyrrole nitrogens is 1. The number of aromatic amines is 1. The zero-order valence-electron chi connectivity index (χ0n) is 9.50. The number of carbonyl (C=O) groups excluding carboxylic acids is 1. The van der Waals surface area contributed by atoms with E-state index in [-0.39, 0.29) is 5.91 Å². The summed E-state index contributed by atoms with van der Waals surface area (Å²) in [7, 11) is 1.80. The molecule has 1 amide bonds. The van der Waals surface area contributed by atoms with Gasteiger partial charge in [0.05, 0.1) is 6.54 Å². The van der Waals surface area contributed by atoms with Crippen molar-refractivity contribution >= 4 is 5.91 Å². The van der Waals surface area contributed by atoms with Crippen molar-refractivity contribution in [3.05, 3.63) is 17.7 Å². The Morgan fingerprint density at radius 1 is 1.67 bits per heavy atom. The first kappa shape index (κ1) is 11.7. The highest BCUT2D eigenvalue weighted by Gasteiger charge is 2.05. The molecule has 0 saturated carbocycles. The molecule has 1 rings (SSSR count). The molecule has 1 heterocycles. The molecule has 15 heavy (non-hydrogen) atoms. The van der Waals surface area contributed by atoms with E-state index in [4.69, 9.17) is 0 Å². The Bertz CT molecular complexity index is 321. The Labute approximate surface area is 89.9 Å². The molecular formula is C10H18N4O. The van der Waals surface area contributed by atoms with Gasteiger partial charge in [0.2, 0.25) is 5.91 Å². The van der Waals surface area contributed by atoms with Gasteiger partial charge in [0.1, 0.15) is 5.82 Å². The first-order valence-corrected chi connectivity index (χ1v) is 5.08. The summed E-state index contributed by atoms with van der Waals surface area (Å²) in [5.74, 6) is 0.998. The van der Waals surface area contributed by atoms with Crippen LogP contribution in [-0.4, -0.2) is 40.9 Å². The largest absolute Gasteiger partial charge is 0.345 e. The van der Waals surface area contributed by atoms with Gasteiger partial charge < -0.3 is 15.2 Å². The normalized spacial score (nSPS) is 10.3. The second-order valence-corrected chi connectivity index (χ2v) is 3.51. The second kappa shape index (κ2) is 5.50. The summed E-state index contributed by atoms with van der Waals surface area (Å²) < 4.78 is 0. The van der Waals surface area contributed by atoms with E-state index in [9.17, 15) is 4.79 Å². The summed E-state index contributed by atoms with van der Waals surface area (Å²) >= 11 is 0. The van der Waals surface area contributed by atoms with Crippen LogP contribution in [0.4, 0.5) is 0 Å². The number of rotatable bonds is 5. The van der Waals surface area contributed by atoms with Gasteiger partial charge in [-0.3, -0.25) is 4.79 Å². The number of hydrogen-bond acceptors (Lipinski definition) is 3. The van der Waals surface area contributed by atoms with Gasteiger partial charge in [0, 0.05) is 32.0 Å². The molecule has 1 aromatic rings. The van der Waals surface area contributed by atoms with E-state index in [0.29, 0.717) is 13.1 Å². The molecule has 0 aromatic carbocycles. The lowest BCUT2D eigenvalue weighted by atomic mass is 10.4. The summed E-state index contributed by atoms with van der Waals surface area (Å²) in [5.41, 5.74) is 0.999. The number of imidazole rings is 1. The van der Waals surface area contributed by atoms with Crippen LogP contribution in [0.2, 0.25) is 0 Å². The number of hydrogen-bond donors (Lipinski definition) is 2. The number of nitrogens with zero attached hydrogens (tertiary/aromatic N) is 2. The van der Waals surface area contributed by atoms with E-state index >= 15 is 0 Å². The monoisotopic (exact) mass is 210 g/mol. The van der Waals surface area contributed by atoms with Gasteiger partial charge in [0.25, 0.3) is 0 Å². The van der Waals surface area contributed by atoms with Crippen molar-refractivity contribution in [1.82, 2.24) is 20.2 Å². The van der Waals surface area contributed by atoms with E-state index in [2.05, 4.69) is 15.3 Å². The van der Waals surface area contributed by atoms with Crippen LogP contribution in [0.25, 0.3) is 0 Å². The molecule has 0 aliphatic rings. The molecule has 0 fully saturated rings. The highest BCUT2D eigenvalue weighted by molar-refractivity contribution is 5.77. The van der Waals surface area contributed by atoms with Crippen LogP contribution in [-0.2, 0) is 11.3 Å². The average molecular weight is 210 g/mol. The zero-order valence-corrected chi connectivity index (χ0v) is 9.50. The first-order valence-electron chi connectivity index (χ1n) is 5.08. The van der Waals surface area contributed by atoms with Crippen molar-refractivity contribution in [3.63, 3.8) is 0 Å². The quantitative estimate of drug-likeness (QED) is 0.734. The van der Waals surface area contributed by atoms with Crippen molar-refractivity contribution in [3.8, 4) is 0 Å². The Morgan fingerprint density at radius 3 is 2.93 bits per heavy atom. The SMILES string of the molecule is CCN(C)C(=O)CNCc1cnc(C)[nH]1. The van der Waals surface area contributed by atoms with Crippen molar-refractivity contribution in [2.24, 2.45) is 0 Å². The van der Waals surface area contributed by atoms with Crippen molar-refractivity contribution < 1.29 is 4.79 Å². The molecule has 2 N–H and O–H groups in total. The number of aromatic nitrogens is 2. The third-order valence-corrected chi connectivity index (χ3v) is 2.25. The number of aryl methyl sites for hydroxylation is 1. The second-order valence-electron chi connectivity index (χ2n) is 3.51. The molecule has 0 unspecified atom stereocenters. The molecule has 0 aliphatic heterocycles. The third kappa shape index (κ3) is 3.71. The van der Waals surface area contributed by atoms with Gasteiger partial charge in [-0.2, -0.15) is 0 Å². The highest BCUT2D eigenvalue weighted by Crippen LogP contribution is 1.94. The maximum absolute atomic E-state index is 11.4. The third-order valence-electron chi connectivity index (χ3n) is 2.25. The van der Waals surface area contributed by atoms with Gasteiger partial charge in [-0.1, -0.05) is 0 Å². The van der Waals surface area contributed by atoms with Gasteiger partial charge in [-0.25, -0.2) is 4.98 Å². The fraction of sp³-hybridized carbons (Fsp3) is 0.600. The first-order chi connectivity index (χ1) is 7.13. The van der Waals surface area contributed by atoms with E-state index in [1.54, 1.807) is 18.1 Å². The molecule has 0 aliphatic carbocycles. The Hall–Kier alpha value is -1.36. The summed E-state index contributed by atoms with van der Waals surface area (Å²) in [4.78, 5) is 20.3. The predicted molar refractivity (Wildman–Crippen MR) is 58.3 cm³/mol. The van der Waals surface area contributed by atoms with Crippen LogP contribution in [0.3, 0.4) is 0 Å².